The second-order valence-corrected chi connectivity index (χ2v) is 3.51. The fourth-order valence-corrected chi connectivity index (χ4v) is 1.75. The van der Waals surface area contributed by atoms with E-state index in [1.165, 1.54) is 0 Å². The molecule has 0 bridgehead atoms. The standard InChI is InChI=1S/C6H11N3S2/c1-2-7-5(10)9-6-8-3-4-11-6/h2-4H2,1H3,(H2,7,8,9,10). The third kappa shape index (κ3) is 3.07. The van der Waals surface area contributed by atoms with Gasteiger partial charge < -0.3 is 10.6 Å². The van der Waals surface area contributed by atoms with E-state index in [0.717, 1.165) is 24.0 Å². The van der Waals surface area contributed by atoms with Crippen molar-refractivity contribution in [2.24, 2.45) is 4.99 Å². The summed E-state index contributed by atoms with van der Waals surface area (Å²) < 4.78 is 0. The van der Waals surface area contributed by atoms with Gasteiger partial charge in [0.15, 0.2) is 10.3 Å². The Labute approximate surface area is 76.0 Å². The summed E-state index contributed by atoms with van der Waals surface area (Å²) in [7, 11) is 0. The van der Waals surface area contributed by atoms with Crippen molar-refractivity contribution in [3.05, 3.63) is 0 Å². The fourth-order valence-electron chi connectivity index (χ4n) is 0.713. The van der Waals surface area contributed by atoms with Crippen LogP contribution in [-0.4, -0.2) is 29.1 Å². The van der Waals surface area contributed by atoms with Crippen molar-refractivity contribution in [3.8, 4) is 0 Å². The van der Waals surface area contributed by atoms with Crippen LogP contribution < -0.4 is 10.6 Å². The molecule has 62 valence electrons. The Morgan fingerprint density at radius 3 is 3.18 bits per heavy atom. The summed E-state index contributed by atoms with van der Waals surface area (Å²) in [4.78, 5) is 4.20. The Morgan fingerprint density at radius 2 is 2.64 bits per heavy atom. The third-order valence-electron chi connectivity index (χ3n) is 1.14. The Balaban J connectivity index is 2.24. The molecule has 0 unspecified atom stereocenters. The third-order valence-corrected chi connectivity index (χ3v) is 2.28. The number of aliphatic imine (C=N–C) groups is 1. The summed E-state index contributed by atoms with van der Waals surface area (Å²) in [5.74, 6) is 1.07. The van der Waals surface area contributed by atoms with Gasteiger partial charge in [-0.25, -0.2) is 0 Å². The summed E-state index contributed by atoms with van der Waals surface area (Å²) in [5, 5.41) is 7.62. The number of rotatable bonds is 1. The molecule has 0 spiro atoms. The van der Waals surface area contributed by atoms with Crippen molar-refractivity contribution in [1.82, 2.24) is 10.6 Å². The summed E-state index contributed by atoms with van der Waals surface area (Å²) in [6, 6.07) is 0. The fraction of sp³-hybridized carbons (Fsp3) is 0.667. The second-order valence-electron chi connectivity index (χ2n) is 2.02. The van der Waals surface area contributed by atoms with Gasteiger partial charge in [-0.1, -0.05) is 11.8 Å². The lowest BCUT2D eigenvalue weighted by molar-refractivity contribution is 0.957. The van der Waals surface area contributed by atoms with Crippen LogP contribution in [0.15, 0.2) is 4.99 Å². The van der Waals surface area contributed by atoms with Crippen LogP contribution in [-0.2, 0) is 0 Å². The van der Waals surface area contributed by atoms with E-state index >= 15 is 0 Å². The summed E-state index contributed by atoms with van der Waals surface area (Å²) in [5.41, 5.74) is 0. The van der Waals surface area contributed by atoms with E-state index < -0.39 is 0 Å². The molecule has 1 aliphatic rings. The quantitative estimate of drug-likeness (QED) is 0.591. The molecular formula is C6H11N3S2. The zero-order chi connectivity index (χ0) is 8.10. The van der Waals surface area contributed by atoms with E-state index in [-0.39, 0.29) is 0 Å². The number of thioether (sulfide) groups is 1. The van der Waals surface area contributed by atoms with Gasteiger partial charge in [-0.2, -0.15) is 0 Å². The van der Waals surface area contributed by atoms with Crippen LogP contribution in [0.3, 0.4) is 0 Å². The van der Waals surface area contributed by atoms with Gasteiger partial charge in [0, 0.05) is 12.3 Å². The highest BCUT2D eigenvalue weighted by atomic mass is 32.2. The minimum atomic E-state index is 0.667. The molecule has 0 aromatic heterocycles. The second kappa shape index (κ2) is 4.56. The maximum atomic E-state index is 4.97. The Hall–Kier alpha value is -0.290. The predicted molar refractivity (Wildman–Crippen MR) is 54.2 cm³/mol. The molecule has 1 aliphatic heterocycles. The van der Waals surface area contributed by atoms with Crippen molar-refractivity contribution < 1.29 is 0 Å². The van der Waals surface area contributed by atoms with Gasteiger partial charge in [0.05, 0.1) is 6.54 Å². The minimum absolute atomic E-state index is 0.667. The van der Waals surface area contributed by atoms with Gasteiger partial charge >= 0.3 is 0 Å². The van der Waals surface area contributed by atoms with E-state index in [1.54, 1.807) is 11.8 Å². The maximum absolute atomic E-state index is 4.97. The Morgan fingerprint density at radius 1 is 1.82 bits per heavy atom. The molecule has 3 nitrogen and oxygen atoms in total. The average Bonchev–Trinajstić information content (AvgIpc) is 2.40. The van der Waals surface area contributed by atoms with Crippen LogP contribution in [0.25, 0.3) is 0 Å². The van der Waals surface area contributed by atoms with Crippen molar-refractivity contribution in [2.75, 3.05) is 18.8 Å². The van der Waals surface area contributed by atoms with Crippen LogP contribution in [0.2, 0.25) is 0 Å². The Kier molecular flexibility index (Phi) is 3.65. The van der Waals surface area contributed by atoms with E-state index in [2.05, 4.69) is 15.6 Å². The molecule has 2 N–H and O–H groups in total. The zero-order valence-corrected chi connectivity index (χ0v) is 8.02. The molecule has 0 amide bonds. The molecule has 5 heteroatoms. The van der Waals surface area contributed by atoms with Gasteiger partial charge in [0.1, 0.15) is 0 Å². The normalized spacial score (nSPS) is 15.9. The van der Waals surface area contributed by atoms with Crippen LogP contribution in [0, 0.1) is 0 Å². The van der Waals surface area contributed by atoms with Gasteiger partial charge in [-0.05, 0) is 19.1 Å². The first-order valence-electron chi connectivity index (χ1n) is 3.55. The number of nitrogens with one attached hydrogen (secondary N) is 2. The number of hydrogen-bond acceptors (Lipinski definition) is 3. The molecule has 0 saturated carbocycles. The number of hydrogen-bond donors (Lipinski definition) is 2. The van der Waals surface area contributed by atoms with Gasteiger partial charge in [-0.3, -0.25) is 4.99 Å². The molecule has 1 heterocycles. The van der Waals surface area contributed by atoms with E-state index in [9.17, 15) is 0 Å². The van der Waals surface area contributed by atoms with E-state index in [4.69, 9.17) is 12.2 Å². The minimum Gasteiger partial charge on any atom is -0.363 e. The topological polar surface area (TPSA) is 36.4 Å². The molecular weight excluding hydrogens is 178 g/mol. The van der Waals surface area contributed by atoms with Gasteiger partial charge in [0.2, 0.25) is 0 Å². The molecule has 1 rings (SSSR count). The molecule has 0 fully saturated rings. The lowest BCUT2D eigenvalue weighted by Gasteiger charge is -2.06. The van der Waals surface area contributed by atoms with Crippen molar-refractivity contribution >= 4 is 34.3 Å². The largest absolute Gasteiger partial charge is 0.363 e. The van der Waals surface area contributed by atoms with E-state index in [0.29, 0.717) is 5.11 Å². The van der Waals surface area contributed by atoms with E-state index in [1.807, 2.05) is 6.92 Å². The van der Waals surface area contributed by atoms with Crippen molar-refractivity contribution in [3.63, 3.8) is 0 Å². The maximum Gasteiger partial charge on any atom is 0.172 e. The van der Waals surface area contributed by atoms with Gasteiger partial charge in [0.25, 0.3) is 0 Å². The molecule has 0 aromatic carbocycles. The molecule has 11 heavy (non-hydrogen) atoms. The summed E-state index contributed by atoms with van der Waals surface area (Å²) >= 11 is 6.68. The van der Waals surface area contributed by atoms with Crippen LogP contribution in [0.1, 0.15) is 6.92 Å². The highest BCUT2D eigenvalue weighted by Gasteiger charge is 2.06. The lowest BCUT2D eigenvalue weighted by atomic mass is 10.7. The first kappa shape index (κ1) is 8.80. The average molecular weight is 189 g/mol. The molecule has 0 radical (unpaired) electrons. The highest BCUT2D eigenvalue weighted by Crippen LogP contribution is 2.08. The number of amidine groups is 1. The van der Waals surface area contributed by atoms with Crippen LogP contribution >= 0.6 is 24.0 Å². The van der Waals surface area contributed by atoms with Gasteiger partial charge in [-0.15, -0.1) is 0 Å². The smallest absolute Gasteiger partial charge is 0.172 e. The highest BCUT2D eigenvalue weighted by molar-refractivity contribution is 8.14. The zero-order valence-electron chi connectivity index (χ0n) is 6.39. The van der Waals surface area contributed by atoms with Crippen LogP contribution in [0.4, 0.5) is 0 Å². The molecule has 0 saturated heterocycles. The first-order valence-corrected chi connectivity index (χ1v) is 4.94. The first-order chi connectivity index (χ1) is 5.33. The predicted octanol–water partition coefficient (Wildman–Crippen LogP) is 0.573. The van der Waals surface area contributed by atoms with Crippen molar-refractivity contribution in [2.45, 2.75) is 6.92 Å². The number of thiocarbonyl (C=S) groups is 1. The summed E-state index contributed by atoms with van der Waals surface area (Å²) in [6.45, 7) is 3.77. The summed E-state index contributed by atoms with van der Waals surface area (Å²) in [6.07, 6.45) is 0. The van der Waals surface area contributed by atoms with Crippen LogP contribution in [0.5, 0.6) is 0 Å². The monoisotopic (exact) mass is 189 g/mol. The lowest BCUT2D eigenvalue weighted by Crippen LogP contribution is -2.37. The number of nitrogens with zero attached hydrogens (tertiary/aromatic N) is 1. The SMILES string of the molecule is CCNC(=S)NC1=NCCS1. The van der Waals surface area contributed by atoms with Crippen molar-refractivity contribution in [1.29, 1.82) is 0 Å². The molecule has 0 aromatic rings. The Bertz CT molecular complexity index is 179. The molecule has 0 atom stereocenters. The molecule has 0 aliphatic carbocycles.